The van der Waals surface area contributed by atoms with Crippen LogP contribution in [0.3, 0.4) is 0 Å². The molecule has 1 unspecified atom stereocenters. The van der Waals surface area contributed by atoms with E-state index in [1.165, 1.54) is 0 Å². The summed E-state index contributed by atoms with van der Waals surface area (Å²) in [6, 6.07) is 20.3. The van der Waals surface area contributed by atoms with Gasteiger partial charge in [0.1, 0.15) is 0 Å². The highest BCUT2D eigenvalue weighted by Crippen LogP contribution is 2.27. The number of hydrogen-bond acceptors (Lipinski definition) is 2. The van der Waals surface area contributed by atoms with Gasteiger partial charge in [-0.2, -0.15) is 0 Å². The average Bonchev–Trinajstić information content (AvgIpc) is 2.61. The highest BCUT2D eigenvalue weighted by atomic mass is 16.3. The molecule has 0 radical (unpaired) electrons. The van der Waals surface area contributed by atoms with Crippen LogP contribution < -0.4 is 5.32 Å². The Morgan fingerprint density at radius 1 is 1.00 bits per heavy atom. The van der Waals surface area contributed by atoms with Crippen LogP contribution in [0.25, 0.3) is 0 Å². The van der Waals surface area contributed by atoms with Gasteiger partial charge in [0, 0.05) is 25.0 Å². The smallest absolute Gasteiger partial charge is 0.221 e. The number of nitrogens with one attached hydrogen (secondary N) is 1. The van der Waals surface area contributed by atoms with Gasteiger partial charge in [-0.25, -0.2) is 0 Å². The molecule has 0 bridgehead atoms. The van der Waals surface area contributed by atoms with E-state index in [0.717, 1.165) is 17.5 Å². The third kappa shape index (κ3) is 5.22. The zero-order chi connectivity index (χ0) is 16.5. The van der Waals surface area contributed by atoms with Crippen LogP contribution in [0.1, 0.15) is 43.2 Å². The number of benzene rings is 2. The molecular formula is C20H25NO2. The molecule has 3 heteroatoms. The fourth-order valence-electron chi connectivity index (χ4n) is 2.81. The van der Waals surface area contributed by atoms with Gasteiger partial charge in [0.05, 0.1) is 0 Å². The van der Waals surface area contributed by atoms with Crippen LogP contribution in [0.15, 0.2) is 60.7 Å². The first-order chi connectivity index (χ1) is 11.2. The third-order valence-corrected chi connectivity index (χ3v) is 4.13. The Bertz CT molecular complexity index is 544. The van der Waals surface area contributed by atoms with Crippen molar-refractivity contribution >= 4 is 5.91 Å². The van der Waals surface area contributed by atoms with Crippen molar-refractivity contribution in [3.63, 3.8) is 0 Å². The van der Waals surface area contributed by atoms with Crippen molar-refractivity contribution in [3.8, 4) is 0 Å². The van der Waals surface area contributed by atoms with Crippen LogP contribution in [-0.4, -0.2) is 23.7 Å². The number of amides is 1. The molecule has 0 heterocycles. The summed E-state index contributed by atoms with van der Waals surface area (Å²) in [7, 11) is 0. The molecular weight excluding hydrogens is 286 g/mol. The van der Waals surface area contributed by atoms with Gasteiger partial charge in [-0.15, -0.1) is 0 Å². The zero-order valence-corrected chi connectivity index (χ0v) is 13.6. The van der Waals surface area contributed by atoms with Gasteiger partial charge < -0.3 is 10.4 Å². The van der Waals surface area contributed by atoms with Gasteiger partial charge in [-0.1, -0.05) is 67.6 Å². The Morgan fingerprint density at radius 3 is 1.96 bits per heavy atom. The first-order valence-electron chi connectivity index (χ1n) is 8.24. The monoisotopic (exact) mass is 311 g/mol. The maximum atomic E-state index is 12.5. The second-order valence-electron chi connectivity index (χ2n) is 5.76. The molecule has 2 aromatic rings. The zero-order valence-electron chi connectivity index (χ0n) is 13.6. The molecule has 1 atom stereocenters. The summed E-state index contributed by atoms with van der Waals surface area (Å²) in [6.07, 6.45) is 1.84. The average molecular weight is 311 g/mol. The molecule has 0 saturated heterocycles. The van der Waals surface area contributed by atoms with Gasteiger partial charge >= 0.3 is 0 Å². The lowest BCUT2D eigenvalue weighted by Crippen LogP contribution is -2.35. The summed E-state index contributed by atoms with van der Waals surface area (Å²) < 4.78 is 0. The fourth-order valence-corrected chi connectivity index (χ4v) is 2.81. The van der Waals surface area contributed by atoms with Crippen LogP contribution in [0.2, 0.25) is 0 Å². The van der Waals surface area contributed by atoms with Gasteiger partial charge in [-0.05, 0) is 24.0 Å². The van der Waals surface area contributed by atoms with Gasteiger partial charge in [-0.3, -0.25) is 4.79 Å². The van der Waals surface area contributed by atoms with Crippen LogP contribution in [0, 0.1) is 0 Å². The summed E-state index contributed by atoms with van der Waals surface area (Å²) >= 11 is 0. The number of aliphatic hydroxyl groups excluding tert-OH is 1. The summed E-state index contributed by atoms with van der Waals surface area (Å²) in [5.41, 5.74) is 2.29. The Balaban J connectivity index is 2.14. The van der Waals surface area contributed by atoms with Gasteiger partial charge in [0.2, 0.25) is 5.91 Å². The highest BCUT2D eigenvalue weighted by molar-refractivity contribution is 5.77. The van der Waals surface area contributed by atoms with E-state index >= 15 is 0 Å². The standard InChI is InChI=1S/C20H25NO2/c1-2-18(13-14-22)21-20(23)15-19(16-9-5-3-6-10-16)17-11-7-4-8-12-17/h3-12,18-19,22H,2,13-15H2,1H3,(H,21,23). The molecule has 0 aliphatic heterocycles. The lowest BCUT2D eigenvalue weighted by molar-refractivity contribution is -0.122. The topological polar surface area (TPSA) is 49.3 Å². The summed E-state index contributed by atoms with van der Waals surface area (Å²) in [5.74, 6) is 0.0760. The molecule has 0 fully saturated rings. The predicted molar refractivity (Wildman–Crippen MR) is 93.3 cm³/mol. The largest absolute Gasteiger partial charge is 0.396 e. The molecule has 0 aliphatic carbocycles. The minimum absolute atomic E-state index is 0.0306. The van der Waals surface area contributed by atoms with E-state index < -0.39 is 0 Å². The number of hydrogen-bond donors (Lipinski definition) is 2. The first kappa shape index (κ1) is 17.2. The van der Waals surface area contributed by atoms with Crippen LogP contribution in [0.4, 0.5) is 0 Å². The lowest BCUT2D eigenvalue weighted by Gasteiger charge is -2.21. The Kier molecular flexibility index (Phi) is 6.82. The number of carbonyl (C=O) groups excluding carboxylic acids is 1. The molecule has 0 spiro atoms. The second kappa shape index (κ2) is 9.11. The molecule has 1 amide bonds. The normalized spacial score (nSPS) is 12.1. The van der Waals surface area contributed by atoms with E-state index in [2.05, 4.69) is 29.6 Å². The predicted octanol–water partition coefficient (Wildman–Crippen LogP) is 3.49. The number of aliphatic hydroxyl groups is 1. The summed E-state index contributed by atoms with van der Waals surface area (Å²) in [4.78, 5) is 12.5. The quantitative estimate of drug-likeness (QED) is 0.784. The van der Waals surface area contributed by atoms with Crippen molar-refractivity contribution in [3.05, 3.63) is 71.8 Å². The Morgan fingerprint density at radius 2 is 1.52 bits per heavy atom. The van der Waals surface area contributed by atoms with Crippen molar-refractivity contribution in [2.45, 2.75) is 38.1 Å². The summed E-state index contributed by atoms with van der Waals surface area (Å²) in [5, 5.41) is 12.1. The maximum Gasteiger partial charge on any atom is 0.221 e. The third-order valence-electron chi connectivity index (χ3n) is 4.13. The van der Waals surface area contributed by atoms with Crippen molar-refractivity contribution in [2.24, 2.45) is 0 Å². The molecule has 0 aromatic heterocycles. The number of rotatable bonds is 8. The Hall–Kier alpha value is -2.13. The van der Waals surface area contributed by atoms with E-state index in [0.29, 0.717) is 12.8 Å². The van der Waals surface area contributed by atoms with E-state index in [4.69, 9.17) is 5.11 Å². The minimum Gasteiger partial charge on any atom is -0.396 e. The second-order valence-corrected chi connectivity index (χ2v) is 5.76. The van der Waals surface area contributed by atoms with E-state index in [-0.39, 0.29) is 24.5 Å². The molecule has 0 aliphatic rings. The Labute approximate surface area is 138 Å². The lowest BCUT2D eigenvalue weighted by atomic mass is 9.88. The van der Waals surface area contributed by atoms with Crippen LogP contribution in [0.5, 0.6) is 0 Å². The maximum absolute atomic E-state index is 12.5. The van der Waals surface area contributed by atoms with E-state index in [1.807, 2.05) is 43.3 Å². The highest BCUT2D eigenvalue weighted by Gasteiger charge is 2.19. The van der Waals surface area contributed by atoms with Crippen molar-refractivity contribution < 1.29 is 9.90 Å². The molecule has 23 heavy (non-hydrogen) atoms. The molecule has 122 valence electrons. The molecule has 2 aromatic carbocycles. The van der Waals surface area contributed by atoms with Crippen molar-refractivity contribution in [1.29, 1.82) is 0 Å². The van der Waals surface area contributed by atoms with E-state index in [9.17, 15) is 4.79 Å². The molecule has 0 saturated carbocycles. The number of carbonyl (C=O) groups is 1. The SMILES string of the molecule is CCC(CCO)NC(=O)CC(c1ccccc1)c1ccccc1. The van der Waals surface area contributed by atoms with Crippen LogP contribution in [-0.2, 0) is 4.79 Å². The minimum atomic E-state index is 0.0306. The van der Waals surface area contributed by atoms with E-state index in [1.54, 1.807) is 0 Å². The molecule has 3 nitrogen and oxygen atoms in total. The molecule has 2 rings (SSSR count). The van der Waals surface area contributed by atoms with Crippen LogP contribution >= 0.6 is 0 Å². The van der Waals surface area contributed by atoms with Gasteiger partial charge in [0.15, 0.2) is 0 Å². The summed E-state index contributed by atoms with van der Waals surface area (Å²) in [6.45, 7) is 2.12. The fraction of sp³-hybridized carbons (Fsp3) is 0.350. The van der Waals surface area contributed by atoms with Gasteiger partial charge in [0.25, 0.3) is 0 Å². The first-order valence-corrected chi connectivity index (χ1v) is 8.24. The van der Waals surface area contributed by atoms with Crippen molar-refractivity contribution in [1.82, 2.24) is 5.32 Å². The molecule has 2 N–H and O–H groups in total. The van der Waals surface area contributed by atoms with Crippen molar-refractivity contribution in [2.75, 3.05) is 6.61 Å².